The third kappa shape index (κ3) is 2.82. The molecule has 0 amide bonds. The second kappa shape index (κ2) is 6.03. The summed E-state index contributed by atoms with van der Waals surface area (Å²) in [4.78, 5) is 4.62. The molecule has 1 aromatic heterocycles. The molecule has 5 heteroatoms. The summed E-state index contributed by atoms with van der Waals surface area (Å²) in [6.07, 6.45) is 7.92. The van der Waals surface area contributed by atoms with Crippen LogP contribution < -0.4 is 5.32 Å². The van der Waals surface area contributed by atoms with Gasteiger partial charge in [-0.3, -0.25) is 4.98 Å². The van der Waals surface area contributed by atoms with Crippen molar-refractivity contribution in [2.45, 2.75) is 43.7 Å². The molecule has 3 nitrogen and oxygen atoms in total. The van der Waals surface area contributed by atoms with E-state index in [2.05, 4.69) is 48.2 Å². The lowest BCUT2D eigenvalue weighted by Crippen LogP contribution is -2.47. The minimum atomic E-state index is 0.180. The number of hydrogen-bond donors (Lipinski definition) is 1. The van der Waals surface area contributed by atoms with Gasteiger partial charge in [-0.25, -0.2) is 0 Å². The first-order valence-electron chi connectivity index (χ1n) is 7.26. The molecule has 0 aromatic carbocycles. The van der Waals surface area contributed by atoms with Crippen LogP contribution in [0.4, 0.5) is 0 Å². The molecule has 2 unspecified atom stereocenters. The Labute approximate surface area is 137 Å². The highest BCUT2D eigenvalue weighted by Crippen LogP contribution is 2.47. The van der Waals surface area contributed by atoms with E-state index in [4.69, 9.17) is 4.74 Å². The molecule has 110 valence electrons. The van der Waals surface area contributed by atoms with E-state index in [0.717, 1.165) is 34.1 Å². The van der Waals surface area contributed by atoms with E-state index in [-0.39, 0.29) is 5.60 Å². The molecule has 2 atom stereocenters. The van der Waals surface area contributed by atoms with Crippen LogP contribution in [0.1, 0.15) is 43.8 Å². The van der Waals surface area contributed by atoms with E-state index >= 15 is 0 Å². The number of aromatic nitrogens is 1. The summed E-state index contributed by atoms with van der Waals surface area (Å²) in [6.45, 7) is 0.886. The minimum Gasteiger partial charge on any atom is -0.375 e. The predicted octanol–water partition coefficient (Wildman–Crippen LogP) is 4.22. The zero-order chi connectivity index (χ0) is 14.2. The fourth-order valence-corrected chi connectivity index (χ4v) is 4.75. The van der Waals surface area contributed by atoms with E-state index in [0.29, 0.717) is 12.0 Å². The van der Waals surface area contributed by atoms with Crippen molar-refractivity contribution in [3.8, 4) is 0 Å². The Balaban J connectivity index is 1.81. The molecule has 0 radical (unpaired) electrons. The van der Waals surface area contributed by atoms with Crippen molar-refractivity contribution < 1.29 is 4.74 Å². The Morgan fingerprint density at radius 1 is 1.45 bits per heavy atom. The molecule has 1 saturated carbocycles. The van der Waals surface area contributed by atoms with Gasteiger partial charge < -0.3 is 10.1 Å². The maximum absolute atomic E-state index is 6.04. The van der Waals surface area contributed by atoms with Crippen LogP contribution >= 0.6 is 31.9 Å². The fourth-order valence-electron chi connectivity index (χ4n) is 3.52. The second-order valence-corrected chi connectivity index (χ2v) is 7.69. The van der Waals surface area contributed by atoms with Crippen molar-refractivity contribution in [2.24, 2.45) is 5.92 Å². The van der Waals surface area contributed by atoms with Gasteiger partial charge in [0.1, 0.15) is 0 Å². The summed E-state index contributed by atoms with van der Waals surface area (Å²) in [5, 5.41) is 3.47. The molecular weight excluding hydrogens is 384 g/mol. The number of pyridine rings is 1. The normalized spacial score (nSPS) is 26.2. The molecule has 1 aromatic rings. The third-order valence-corrected chi connectivity index (χ3v) is 5.78. The summed E-state index contributed by atoms with van der Waals surface area (Å²) < 4.78 is 8.12. The fraction of sp³-hybridized carbons (Fsp3) is 0.667. The van der Waals surface area contributed by atoms with Crippen molar-refractivity contribution in [2.75, 3.05) is 13.7 Å². The number of nitrogens with one attached hydrogen (secondary N) is 1. The lowest BCUT2D eigenvalue weighted by Gasteiger charge is -2.48. The van der Waals surface area contributed by atoms with E-state index in [9.17, 15) is 0 Å². The highest BCUT2D eigenvalue weighted by molar-refractivity contribution is 9.11. The largest absolute Gasteiger partial charge is 0.375 e. The first-order valence-corrected chi connectivity index (χ1v) is 8.84. The number of nitrogens with zero attached hydrogens (tertiary/aromatic N) is 1. The third-order valence-electron chi connectivity index (χ3n) is 4.71. The van der Waals surface area contributed by atoms with Gasteiger partial charge in [0.15, 0.2) is 0 Å². The molecule has 2 aliphatic rings. The Bertz CT molecular complexity index is 491. The van der Waals surface area contributed by atoms with E-state index in [1.807, 2.05) is 13.2 Å². The molecule has 0 bridgehead atoms. The smallest absolute Gasteiger partial charge is 0.0718 e. The average molecular weight is 404 g/mol. The van der Waals surface area contributed by atoms with E-state index in [1.165, 1.54) is 19.3 Å². The van der Waals surface area contributed by atoms with Crippen LogP contribution in [0.25, 0.3) is 0 Å². The van der Waals surface area contributed by atoms with Gasteiger partial charge >= 0.3 is 0 Å². The van der Waals surface area contributed by atoms with Crippen LogP contribution in [0.5, 0.6) is 0 Å². The lowest BCUT2D eigenvalue weighted by molar-refractivity contribution is -0.147. The number of halogens is 2. The van der Waals surface area contributed by atoms with Crippen molar-refractivity contribution in [1.82, 2.24) is 10.3 Å². The molecule has 1 saturated heterocycles. The minimum absolute atomic E-state index is 0.180. The topological polar surface area (TPSA) is 34.2 Å². The van der Waals surface area contributed by atoms with Crippen LogP contribution in [0.15, 0.2) is 21.2 Å². The summed E-state index contributed by atoms with van der Waals surface area (Å²) in [5.41, 5.74) is 1.29. The van der Waals surface area contributed by atoms with Crippen molar-refractivity contribution in [1.29, 1.82) is 0 Å². The van der Waals surface area contributed by atoms with Gasteiger partial charge in [0.2, 0.25) is 0 Å². The van der Waals surface area contributed by atoms with Gasteiger partial charge in [0.25, 0.3) is 0 Å². The standard InChI is InChI=1S/C15H20Br2N2O/c1-18-13(14-12(17)7-11(16)9-19-14)10-3-6-20-15(8-10)4-2-5-15/h7,9-10,13,18H,2-6,8H2,1H3. The van der Waals surface area contributed by atoms with Gasteiger partial charge in [-0.2, -0.15) is 0 Å². The Kier molecular flexibility index (Phi) is 4.51. The van der Waals surface area contributed by atoms with Gasteiger partial charge in [0.05, 0.1) is 17.3 Å². The molecule has 2 heterocycles. The van der Waals surface area contributed by atoms with E-state index < -0.39 is 0 Å². The van der Waals surface area contributed by atoms with Crippen molar-refractivity contribution in [3.63, 3.8) is 0 Å². The molecule has 1 aliphatic carbocycles. The molecular formula is C15H20Br2N2O. The zero-order valence-corrected chi connectivity index (χ0v) is 14.8. The van der Waals surface area contributed by atoms with E-state index in [1.54, 1.807) is 0 Å². The summed E-state index contributed by atoms with van der Waals surface area (Å²) >= 11 is 7.12. The van der Waals surface area contributed by atoms with Crippen LogP contribution in [0.2, 0.25) is 0 Å². The van der Waals surface area contributed by atoms with Crippen LogP contribution in [-0.4, -0.2) is 24.2 Å². The maximum atomic E-state index is 6.04. The first kappa shape index (κ1) is 14.9. The van der Waals surface area contributed by atoms with Gasteiger partial charge in [0, 0.05) is 21.7 Å². The Hall–Kier alpha value is 0.0300. The average Bonchev–Trinajstić information content (AvgIpc) is 2.40. The number of ether oxygens (including phenoxy) is 1. The highest BCUT2D eigenvalue weighted by Gasteiger charge is 2.44. The number of hydrogen-bond acceptors (Lipinski definition) is 3. The van der Waals surface area contributed by atoms with Crippen LogP contribution in [0, 0.1) is 5.92 Å². The Morgan fingerprint density at radius 3 is 2.85 bits per heavy atom. The van der Waals surface area contributed by atoms with Crippen molar-refractivity contribution in [3.05, 3.63) is 26.9 Å². The molecule has 1 aliphatic heterocycles. The zero-order valence-electron chi connectivity index (χ0n) is 11.7. The number of rotatable bonds is 3. The van der Waals surface area contributed by atoms with Crippen LogP contribution in [-0.2, 0) is 4.74 Å². The monoisotopic (exact) mass is 402 g/mol. The molecule has 3 rings (SSSR count). The molecule has 20 heavy (non-hydrogen) atoms. The Morgan fingerprint density at radius 2 is 2.25 bits per heavy atom. The van der Waals surface area contributed by atoms with Gasteiger partial charge in [-0.1, -0.05) is 0 Å². The lowest BCUT2D eigenvalue weighted by atomic mass is 9.70. The summed E-state index contributed by atoms with van der Waals surface area (Å²) in [6, 6.07) is 2.37. The second-order valence-electron chi connectivity index (χ2n) is 5.92. The molecule has 1 N–H and O–H groups in total. The van der Waals surface area contributed by atoms with Crippen molar-refractivity contribution >= 4 is 31.9 Å². The first-order chi connectivity index (χ1) is 9.63. The highest BCUT2D eigenvalue weighted by atomic mass is 79.9. The molecule has 1 spiro atoms. The van der Waals surface area contributed by atoms with Crippen LogP contribution in [0.3, 0.4) is 0 Å². The maximum Gasteiger partial charge on any atom is 0.0718 e. The summed E-state index contributed by atoms with van der Waals surface area (Å²) in [5.74, 6) is 0.596. The van der Waals surface area contributed by atoms with Gasteiger partial charge in [-0.15, -0.1) is 0 Å². The molecule has 2 fully saturated rings. The SMILES string of the molecule is CNC(c1ncc(Br)cc1Br)C1CCOC2(CCC2)C1. The van der Waals surface area contributed by atoms with Gasteiger partial charge in [-0.05, 0) is 83.0 Å². The quantitative estimate of drug-likeness (QED) is 0.820. The summed E-state index contributed by atoms with van der Waals surface area (Å²) in [7, 11) is 2.03. The predicted molar refractivity (Wildman–Crippen MR) is 86.7 cm³/mol.